The summed E-state index contributed by atoms with van der Waals surface area (Å²) in [5, 5.41) is 3.54. The highest BCUT2D eigenvalue weighted by molar-refractivity contribution is 7.15. The van der Waals surface area contributed by atoms with Crippen molar-refractivity contribution >= 4 is 23.1 Å². The highest BCUT2D eigenvalue weighted by Crippen LogP contribution is 2.37. The summed E-state index contributed by atoms with van der Waals surface area (Å²) in [5.74, 6) is -4.10. The summed E-state index contributed by atoms with van der Waals surface area (Å²) in [6.45, 7) is 2.65. The number of aromatic nitrogens is 2. The number of amides is 1. The van der Waals surface area contributed by atoms with E-state index in [0.717, 1.165) is 16.5 Å². The first kappa shape index (κ1) is 25.0. The maximum Gasteiger partial charge on any atom is 0.417 e. The Morgan fingerprint density at radius 2 is 1.91 bits per heavy atom. The second-order valence-corrected chi connectivity index (χ2v) is 9.83. The Morgan fingerprint density at radius 1 is 1.20 bits per heavy atom. The Morgan fingerprint density at radius 3 is 2.54 bits per heavy atom. The molecule has 3 heterocycles. The number of carbonyl (C=O) groups is 1. The van der Waals surface area contributed by atoms with E-state index in [2.05, 4.69) is 15.3 Å². The number of carbonyl (C=O) groups excluding carboxylic acids is 1. The van der Waals surface area contributed by atoms with Crippen molar-refractivity contribution in [1.82, 2.24) is 14.9 Å². The van der Waals surface area contributed by atoms with Gasteiger partial charge in [0, 0.05) is 19.2 Å². The zero-order valence-electron chi connectivity index (χ0n) is 18.9. The van der Waals surface area contributed by atoms with Gasteiger partial charge < -0.3 is 10.2 Å². The summed E-state index contributed by atoms with van der Waals surface area (Å²) in [4.78, 5) is 23.5. The molecule has 1 aliphatic heterocycles. The molecule has 1 aliphatic rings. The molecule has 0 unspecified atom stereocenters. The van der Waals surface area contributed by atoms with Gasteiger partial charge in [0.2, 0.25) is 0 Å². The van der Waals surface area contributed by atoms with Gasteiger partial charge in [-0.3, -0.25) is 4.79 Å². The molecule has 1 saturated heterocycles. The standard InChI is InChI=1S/C24H23F5N4OS/c1-14-10-23(25,26)13-33(18(14)12-31-19-9-8-17(11-30-19)24(27,28)29)22(34)20-21(35-15(2)32-20)16-6-4-3-5-7-16/h3-9,11,14,18H,10,12-13H2,1-2H3,(H,30,31)/t14-,18-/m1/s1. The van der Waals surface area contributed by atoms with E-state index in [9.17, 15) is 26.7 Å². The normalized spacial score (nSPS) is 20.0. The van der Waals surface area contributed by atoms with Gasteiger partial charge in [-0.1, -0.05) is 37.3 Å². The van der Waals surface area contributed by atoms with E-state index in [0.29, 0.717) is 16.1 Å². The molecule has 0 aliphatic carbocycles. The minimum atomic E-state index is -4.51. The monoisotopic (exact) mass is 510 g/mol. The van der Waals surface area contributed by atoms with Crippen LogP contribution in [0.3, 0.4) is 0 Å². The predicted molar refractivity (Wildman–Crippen MR) is 124 cm³/mol. The van der Waals surface area contributed by atoms with Crippen molar-refractivity contribution in [2.75, 3.05) is 18.4 Å². The lowest BCUT2D eigenvalue weighted by Gasteiger charge is -2.43. The van der Waals surface area contributed by atoms with Crippen LogP contribution in [-0.2, 0) is 6.18 Å². The number of hydrogen-bond donors (Lipinski definition) is 1. The van der Waals surface area contributed by atoms with Gasteiger partial charge in [-0.25, -0.2) is 18.7 Å². The molecular formula is C24H23F5N4OS. The van der Waals surface area contributed by atoms with Crippen LogP contribution in [0, 0.1) is 12.8 Å². The Balaban J connectivity index is 1.60. The van der Waals surface area contributed by atoms with Gasteiger partial charge in [0.25, 0.3) is 11.8 Å². The van der Waals surface area contributed by atoms with Crippen molar-refractivity contribution < 1.29 is 26.7 Å². The van der Waals surface area contributed by atoms with Gasteiger partial charge in [-0.05, 0) is 30.5 Å². The average molecular weight is 511 g/mol. The van der Waals surface area contributed by atoms with Crippen LogP contribution in [0.25, 0.3) is 10.4 Å². The van der Waals surface area contributed by atoms with Crippen molar-refractivity contribution in [2.24, 2.45) is 5.92 Å². The third-order valence-corrected chi connectivity index (χ3v) is 6.92. The third-order valence-electron chi connectivity index (χ3n) is 5.90. The van der Waals surface area contributed by atoms with Crippen LogP contribution >= 0.6 is 11.3 Å². The molecule has 4 rings (SSSR count). The molecule has 1 fully saturated rings. The molecular weight excluding hydrogens is 487 g/mol. The quantitative estimate of drug-likeness (QED) is 0.420. The minimum absolute atomic E-state index is 0.0468. The molecule has 0 radical (unpaired) electrons. The first-order valence-electron chi connectivity index (χ1n) is 10.9. The zero-order chi connectivity index (χ0) is 25.4. The Labute approximate surface area is 203 Å². The largest absolute Gasteiger partial charge is 0.417 e. The van der Waals surface area contributed by atoms with Crippen LogP contribution in [0.2, 0.25) is 0 Å². The molecule has 0 bridgehead atoms. The summed E-state index contributed by atoms with van der Waals surface area (Å²) in [6, 6.07) is 10.5. The highest BCUT2D eigenvalue weighted by atomic mass is 32.1. The summed E-state index contributed by atoms with van der Waals surface area (Å²) in [7, 11) is 0. The number of halogens is 5. The van der Waals surface area contributed by atoms with E-state index in [1.807, 2.05) is 30.3 Å². The molecule has 186 valence electrons. The van der Waals surface area contributed by atoms with Crippen molar-refractivity contribution in [1.29, 1.82) is 0 Å². The van der Waals surface area contributed by atoms with Gasteiger partial charge in [-0.2, -0.15) is 13.2 Å². The van der Waals surface area contributed by atoms with E-state index in [1.165, 1.54) is 17.4 Å². The first-order valence-corrected chi connectivity index (χ1v) is 11.7. The molecule has 1 N–H and O–H groups in total. The summed E-state index contributed by atoms with van der Waals surface area (Å²) >= 11 is 1.31. The van der Waals surface area contributed by atoms with E-state index < -0.39 is 48.5 Å². The number of pyridine rings is 1. The molecule has 2 aromatic heterocycles. The fourth-order valence-corrected chi connectivity index (χ4v) is 5.16. The Hall–Kier alpha value is -3.08. The van der Waals surface area contributed by atoms with Gasteiger partial charge in [0.05, 0.1) is 28.0 Å². The van der Waals surface area contributed by atoms with Crippen molar-refractivity contribution in [3.8, 4) is 10.4 Å². The van der Waals surface area contributed by atoms with E-state index >= 15 is 0 Å². The Kier molecular flexibility index (Phi) is 6.81. The number of nitrogens with zero attached hydrogens (tertiary/aromatic N) is 3. The topological polar surface area (TPSA) is 58.1 Å². The molecule has 1 amide bonds. The number of aryl methyl sites for hydroxylation is 1. The number of piperidine rings is 1. The number of anilines is 1. The molecule has 3 aromatic rings. The smallest absolute Gasteiger partial charge is 0.368 e. The molecule has 35 heavy (non-hydrogen) atoms. The number of nitrogens with one attached hydrogen (secondary N) is 1. The molecule has 11 heteroatoms. The van der Waals surface area contributed by atoms with Gasteiger partial charge in [0.1, 0.15) is 11.5 Å². The predicted octanol–water partition coefficient (Wildman–Crippen LogP) is 6.13. The molecule has 1 aromatic carbocycles. The first-order chi connectivity index (χ1) is 16.4. The number of alkyl halides is 5. The van der Waals surface area contributed by atoms with Crippen LogP contribution in [0.5, 0.6) is 0 Å². The number of hydrogen-bond acceptors (Lipinski definition) is 5. The average Bonchev–Trinajstić information content (AvgIpc) is 3.19. The van der Waals surface area contributed by atoms with Crippen LogP contribution in [0.15, 0.2) is 48.7 Å². The van der Waals surface area contributed by atoms with E-state index in [-0.39, 0.29) is 18.1 Å². The number of rotatable bonds is 5. The van der Waals surface area contributed by atoms with Gasteiger partial charge >= 0.3 is 6.18 Å². The maximum atomic E-state index is 14.6. The second kappa shape index (κ2) is 9.52. The number of benzene rings is 1. The highest BCUT2D eigenvalue weighted by Gasteiger charge is 2.46. The summed E-state index contributed by atoms with van der Waals surface area (Å²) < 4.78 is 67.5. The SMILES string of the molecule is Cc1nc(C(=O)N2CC(F)(F)C[C@@H](C)[C@H]2CNc2ccc(C(F)(F)F)cn2)c(-c2ccccc2)s1. The van der Waals surface area contributed by atoms with Crippen molar-refractivity contribution in [2.45, 2.75) is 38.4 Å². The molecule has 2 atom stereocenters. The zero-order valence-corrected chi connectivity index (χ0v) is 19.8. The lowest BCUT2D eigenvalue weighted by molar-refractivity contribution is -0.137. The van der Waals surface area contributed by atoms with Crippen LogP contribution < -0.4 is 5.32 Å². The van der Waals surface area contributed by atoms with Crippen molar-refractivity contribution in [3.63, 3.8) is 0 Å². The van der Waals surface area contributed by atoms with Gasteiger partial charge in [-0.15, -0.1) is 11.3 Å². The van der Waals surface area contributed by atoms with E-state index in [4.69, 9.17) is 0 Å². The lowest BCUT2D eigenvalue weighted by Crippen LogP contribution is -2.57. The van der Waals surface area contributed by atoms with Crippen LogP contribution in [0.4, 0.5) is 27.8 Å². The van der Waals surface area contributed by atoms with Crippen LogP contribution in [-0.4, -0.2) is 45.8 Å². The summed E-state index contributed by atoms with van der Waals surface area (Å²) in [5.41, 5.74) is -0.0129. The third kappa shape index (κ3) is 5.61. The fourth-order valence-electron chi connectivity index (χ4n) is 4.25. The molecule has 0 spiro atoms. The minimum Gasteiger partial charge on any atom is -0.368 e. The van der Waals surface area contributed by atoms with Crippen molar-refractivity contribution in [3.05, 3.63) is 64.9 Å². The number of likely N-dealkylation sites (tertiary alicyclic amines) is 1. The summed E-state index contributed by atoms with van der Waals surface area (Å²) in [6.07, 6.45) is -4.22. The maximum absolute atomic E-state index is 14.6. The molecule has 0 saturated carbocycles. The lowest BCUT2D eigenvalue weighted by atomic mass is 9.88. The number of thiazole rings is 1. The molecule has 5 nitrogen and oxygen atoms in total. The van der Waals surface area contributed by atoms with E-state index in [1.54, 1.807) is 13.8 Å². The second-order valence-electron chi connectivity index (χ2n) is 8.63. The fraction of sp³-hybridized carbons (Fsp3) is 0.375. The van der Waals surface area contributed by atoms with Crippen LogP contribution in [0.1, 0.15) is 34.4 Å². The van der Waals surface area contributed by atoms with Gasteiger partial charge in [0.15, 0.2) is 0 Å². The Bertz CT molecular complexity index is 1180.